The number of carbonyl (C=O) groups is 1. The smallest absolute Gasteiger partial charge is 0.222 e. The maximum atomic E-state index is 12.5. The van der Waals surface area contributed by atoms with Gasteiger partial charge < -0.3 is 14.7 Å². The van der Waals surface area contributed by atoms with E-state index < -0.39 is 0 Å². The van der Waals surface area contributed by atoms with Gasteiger partial charge in [-0.15, -0.1) is 0 Å². The van der Waals surface area contributed by atoms with Crippen molar-refractivity contribution in [1.82, 2.24) is 4.90 Å². The summed E-state index contributed by atoms with van der Waals surface area (Å²) in [5.74, 6) is 0.153. The standard InChI is InChI=1S/C18H26ClNO3/c1-23-11-9-18(14-21)8-3-10-20(13-18)17(22)7-6-15-4-2-5-16(19)12-15/h2,4-5,12,21H,3,6-11,13-14H2,1H3. The highest BCUT2D eigenvalue weighted by Crippen LogP contribution is 2.33. The Kier molecular flexibility index (Phi) is 6.88. The zero-order valence-corrected chi connectivity index (χ0v) is 14.5. The lowest BCUT2D eigenvalue weighted by Gasteiger charge is -2.42. The highest BCUT2D eigenvalue weighted by atomic mass is 35.5. The number of piperidine rings is 1. The summed E-state index contributed by atoms with van der Waals surface area (Å²) < 4.78 is 5.16. The molecule has 5 heteroatoms. The van der Waals surface area contributed by atoms with Crippen LogP contribution in [0.15, 0.2) is 24.3 Å². The number of rotatable bonds is 7. The Hall–Kier alpha value is -1.10. The van der Waals surface area contributed by atoms with Crippen LogP contribution in [-0.4, -0.2) is 49.3 Å². The van der Waals surface area contributed by atoms with Gasteiger partial charge >= 0.3 is 0 Å². The number of halogens is 1. The number of aliphatic hydroxyl groups excluding tert-OH is 1. The number of benzene rings is 1. The summed E-state index contributed by atoms with van der Waals surface area (Å²) in [6.07, 6.45) is 3.85. The van der Waals surface area contributed by atoms with E-state index in [1.165, 1.54) is 0 Å². The van der Waals surface area contributed by atoms with Crippen molar-refractivity contribution in [2.45, 2.75) is 32.1 Å². The number of ether oxygens (including phenoxy) is 1. The van der Waals surface area contributed by atoms with Crippen LogP contribution < -0.4 is 0 Å². The van der Waals surface area contributed by atoms with Crippen LogP contribution in [0.2, 0.25) is 5.02 Å². The SMILES string of the molecule is COCCC1(CO)CCCN(C(=O)CCc2cccc(Cl)c2)C1. The molecule has 4 nitrogen and oxygen atoms in total. The number of methoxy groups -OCH3 is 1. The molecule has 1 aromatic rings. The third kappa shape index (κ3) is 5.20. The van der Waals surface area contributed by atoms with Crippen LogP contribution >= 0.6 is 11.6 Å². The largest absolute Gasteiger partial charge is 0.396 e. The van der Waals surface area contributed by atoms with Gasteiger partial charge in [0.05, 0.1) is 6.61 Å². The van der Waals surface area contributed by atoms with Crippen molar-refractivity contribution in [2.24, 2.45) is 5.41 Å². The molecule has 23 heavy (non-hydrogen) atoms. The van der Waals surface area contributed by atoms with Crippen molar-refractivity contribution >= 4 is 17.5 Å². The third-order valence-electron chi connectivity index (χ3n) is 4.70. The average Bonchev–Trinajstić information content (AvgIpc) is 2.58. The number of carbonyl (C=O) groups excluding carboxylic acids is 1. The van der Waals surface area contributed by atoms with Gasteiger partial charge in [-0.1, -0.05) is 23.7 Å². The van der Waals surface area contributed by atoms with E-state index >= 15 is 0 Å². The number of likely N-dealkylation sites (tertiary alicyclic amines) is 1. The average molecular weight is 340 g/mol. The topological polar surface area (TPSA) is 49.8 Å². The highest BCUT2D eigenvalue weighted by molar-refractivity contribution is 6.30. The van der Waals surface area contributed by atoms with Gasteiger partial charge in [0.2, 0.25) is 5.91 Å². The summed E-state index contributed by atoms with van der Waals surface area (Å²) in [5, 5.41) is 10.5. The van der Waals surface area contributed by atoms with Crippen LogP contribution in [0.25, 0.3) is 0 Å². The molecule has 1 heterocycles. The number of aliphatic hydroxyl groups is 1. The van der Waals surface area contributed by atoms with Crippen molar-refractivity contribution in [3.63, 3.8) is 0 Å². The quantitative estimate of drug-likeness (QED) is 0.831. The number of aryl methyl sites for hydroxylation is 1. The van der Waals surface area contributed by atoms with Crippen LogP contribution in [0, 0.1) is 5.41 Å². The molecule has 1 fully saturated rings. The molecule has 1 amide bonds. The Balaban J connectivity index is 1.90. The van der Waals surface area contributed by atoms with Crippen molar-refractivity contribution in [2.75, 3.05) is 33.4 Å². The van der Waals surface area contributed by atoms with Gasteiger partial charge in [-0.05, 0) is 43.4 Å². The second-order valence-electron chi connectivity index (χ2n) is 6.45. The van der Waals surface area contributed by atoms with E-state index in [2.05, 4.69) is 0 Å². The molecular formula is C18H26ClNO3. The predicted octanol–water partition coefficient (Wildman–Crippen LogP) is 2.91. The van der Waals surface area contributed by atoms with Crippen molar-refractivity contribution < 1.29 is 14.6 Å². The maximum absolute atomic E-state index is 12.5. The van der Waals surface area contributed by atoms with E-state index in [0.29, 0.717) is 31.0 Å². The van der Waals surface area contributed by atoms with E-state index in [0.717, 1.165) is 31.4 Å². The zero-order valence-electron chi connectivity index (χ0n) is 13.8. The van der Waals surface area contributed by atoms with Gasteiger partial charge in [-0.3, -0.25) is 4.79 Å². The first-order valence-electron chi connectivity index (χ1n) is 8.21. The minimum Gasteiger partial charge on any atom is -0.396 e. The summed E-state index contributed by atoms with van der Waals surface area (Å²) in [5.41, 5.74) is 0.871. The monoisotopic (exact) mass is 339 g/mol. The molecule has 1 N–H and O–H groups in total. The Bertz CT molecular complexity index is 523. The molecule has 0 spiro atoms. The van der Waals surface area contributed by atoms with Gasteiger partial charge in [0, 0.05) is 43.7 Å². The third-order valence-corrected chi connectivity index (χ3v) is 4.94. The Morgan fingerprint density at radius 3 is 3.00 bits per heavy atom. The van der Waals surface area contributed by atoms with Crippen molar-refractivity contribution in [1.29, 1.82) is 0 Å². The van der Waals surface area contributed by atoms with Gasteiger partial charge in [-0.25, -0.2) is 0 Å². The summed E-state index contributed by atoms with van der Waals surface area (Å²) in [7, 11) is 1.67. The number of amides is 1. The Morgan fingerprint density at radius 2 is 2.30 bits per heavy atom. The van der Waals surface area contributed by atoms with E-state index in [4.69, 9.17) is 16.3 Å². The van der Waals surface area contributed by atoms with Gasteiger partial charge in [-0.2, -0.15) is 0 Å². The molecule has 1 aromatic carbocycles. The lowest BCUT2D eigenvalue weighted by molar-refractivity contribution is -0.136. The minimum atomic E-state index is -0.208. The van der Waals surface area contributed by atoms with Crippen LogP contribution in [0.5, 0.6) is 0 Å². The normalized spacial score (nSPS) is 21.4. The van der Waals surface area contributed by atoms with Crippen molar-refractivity contribution in [3.05, 3.63) is 34.9 Å². The lowest BCUT2D eigenvalue weighted by atomic mass is 9.78. The first-order chi connectivity index (χ1) is 11.1. The molecule has 0 aliphatic carbocycles. The molecule has 1 aliphatic rings. The summed E-state index contributed by atoms with van der Waals surface area (Å²) in [6, 6.07) is 7.64. The lowest BCUT2D eigenvalue weighted by Crippen LogP contribution is -2.48. The fourth-order valence-corrected chi connectivity index (χ4v) is 3.47. The second-order valence-corrected chi connectivity index (χ2v) is 6.89. The fourth-order valence-electron chi connectivity index (χ4n) is 3.25. The predicted molar refractivity (Wildman–Crippen MR) is 91.6 cm³/mol. The summed E-state index contributed by atoms with van der Waals surface area (Å²) in [6.45, 7) is 2.13. The number of nitrogens with zero attached hydrogens (tertiary/aromatic N) is 1. The molecule has 0 aromatic heterocycles. The van der Waals surface area contributed by atoms with Crippen LogP contribution in [0.3, 0.4) is 0 Å². The maximum Gasteiger partial charge on any atom is 0.222 e. The number of hydrogen-bond donors (Lipinski definition) is 1. The van der Waals surface area contributed by atoms with E-state index in [1.807, 2.05) is 29.2 Å². The molecular weight excluding hydrogens is 314 g/mol. The first-order valence-corrected chi connectivity index (χ1v) is 8.58. The molecule has 0 radical (unpaired) electrons. The molecule has 1 atom stereocenters. The summed E-state index contributed by atoms with van der Waals surface area (Å²) >= 11 is 5.98. The van der Waals surface area contributed by atoms with Gasteiger partial charge in [0.1, 0.15) is 0 Å². The fraction of sp³-hybridized carbons (Fsp3) is 0.611. The molecule has 1 saturated heterocycles. The van der Waals surface area contributed by atoms with E-state index in [-0.39, 0.29) is 17.9 Å². The second kappa shape index (κ2) is 8.67. The van der Waals surface area contributed by atoms with Crippen LogP contribution in [0.1, 0.15) is 31.2 Å². The molecule has 2 rings (SSSR count). The Labute approximate surface area is 143 Å². The van der Waals surface area contributed by atoms with E-state index in [1.54, 1.807) is 7.11 Å². The molecule has 1 aliphatic heterocycles. The minimum absolute atomic E-state index is 0.106. The van der Waals surface area contributed by atoms with Crippen molar-refractivity contribution in [3.8, 4) is 0 Å². The summed E-state index contributed by atoms with van der Waals surface area (Å²) in [4.78, 5) is 14.4. The first kappa shape index (κ1) is 18.2. The molecule has 128 valence electrons. The molecule has 1 unspecified atom stereocenters. The Morgan fingerprint density at radius 1 is 1.48 bits per heavy atom. The van der Waals surface area contributed by atoms with Gasteiger partial charge in [0.25, 0.3) is 0 Å². The van der Waals surface area contributed by atoms with Crippen LogP contribution in [-0.2, 0) is 16.0 Å². The van der Waals surface area contributed by atoms with Gasteiger partial charge in [0.15, 0.2) is 0 Å². The number of hydrogen-bond acceptors (Lipinski definition) is 3. The van der Waals surface area contributed by atoms with E-state index in [9.17, 15) is 9.90 Å². The highest BCUT2D eigenvalue weighted by Gasteiger charge is 2.36. The molecule has 0 saturated carbocycles. The molecule has 0 bridgehead atoms. The van der Waals surface area contributed by atoms with Crippen LogP contribution in [0.4, 0.5) is 0 Å². The zero-order chi connectivity index (χ0) is 16.7.